The van der Waals surface area contributed by atoms with Crippen molar-refractivity contribution >= 4 is 34.5 Å². The average Bonchev–Trinajstić information content (AvgIpc) is 3.60. The number of hydrogen-bond acceptors (Lipinski definition) is 5. The summed E-state index contributed by atoms with van der Waals surface area (Å²) >= 11 is 1.56. The van der Waals surface area contributed by atoms with Crippen LogP contribution in [0.4, 0.5) is 11.4 Å². The first kappa shape index (κ1) is 23.1. The fourth-order valence-corrected chi connectivity index (χ4v) is 4.38. The summed E-state index contributed by atoms with van der Waals surface area (Å²) in [6.45, 7) is 0. The molecule has 5 aromatic rings. The SMILES string of the molecule is COc1ccccc1NC(=O)c1ccc(NC(=O)c2cc(-c3cccs3)nn2-c2ccccc2)cc1. The lowest BCUT2D eigenvalue weighted by Crippen LogP contribution is -2.17. The van der Waals surface area contributed by atoms with Gasteiger partial charge in [0, 0.05) is 11.3 Å². The Morgan fingerprint density at radius 2 is 1.58 bits per heavy atom. The van der Waals surface area contributed by atoms with E-state index in [1.807, 2.05) is 60.0 Å². The molecular formula is C28H22N4O3S. The molecule has 0 atom stereocenters. The normalized spacial score (nSPS) is 10.6. The lowest BCUT2D eigenvalue weighted by Gasteiger charge is -2.11. The molecule has 2 heterocycles. The third kappa shape index (κ3) is 4.89. The van der Waals surface area contributed by atoms with E-state index in [4.69, 9.17) is 4.74 Å². The fourth-order valence-electron chi connectivity index (χ4n) is 3.70. The molecule has 7 nitrogen and oxygen atoms in total. The molecule has 2 N–H and O–H groups in total. The third-order valence-corrected chi connectivity index (χ3v) is 6.37. The van der Waals surface area contributed by atoms with Crippen molar-refractivity contribution < 1.29 is 14.3 Å². The van der Waals surface area contributed by atoms with Crippen LogP contribution in [-0.2, 0) is 0 Å². The van der Waals surface area contributed by atoms with Crippen LogP contribution in [0, 0.1) is 0 Å². The van der Waals surface area contributed by atoms with Crippen LogP contribution in [0.25, 0.3) is 16.3 Å². The number of thiophene rings is 1. The molecule has 8 heteroatoms. The van der Waals surface area contributed by atoms with Crippen LogP contribution in [0.15, 0.2) is 102 Å². The maximum atomic E-state index is 13.3. The van der Waals surface area contributed by atoms with Gasteiger partial charge in [0.05, 0.1) is 23.4 Å². The number of para-hydroxylation sites is 3. The van der Waals surface area contributed by atoms with E-state index in [1.54, 1.807) is 65.6 Å². The first-order valence-electron chi connectivity index (χ1n) is 11.2. The van der Waals surface area contributed by atoms with Crippen LogP contribution in [0.1, 0.15) is 20.8 Å². The molecule has 0 radical (unpaired) electrons. The lowest BCUT2D eigenvalue weighted by atomic mass is 10.1. The molecule has 0 fully saturated rings. The highest BCUT2D eigenvalue weighted by Gasteiger charge is 2.18. The standard InChI is InChI=1S/C28H22N4O3S/c1-35-25-11-6-5-10-22(25)30-27(33)19-13-15-20(16-14-19)29-28(34)24-18-23(26-12-7-17-36-26)31-32(24)21-8-3-2-4-9-21/h2-18H,1H3,(H,29,34)(H,30,33). The predicted molar refractivity (Wildman–Crippen MR) is 142 cm³/mol. The Bertz CT molecular complexity index is 1490. The maximum absolute atomic E-state index is 13.3. The van der Waals surface area contributed by atoms with Gasteiger partial charge in [-0.25, -0.2) is 4.68 Å². The first-order chi connectivity index (χ1) is 17.6. The van der Waals surface area contributed by atoms with E-state index in [9.17, 15) is 9.59 Å². The molecule has 36 heavy (non-hydrogen) atoms. The van der Waals surface area contributed by atoms with E-state index >= 15 is 0 Å². The first-order valence-corrected chi connectivity index (χ1v) is 12.1. The van der Waals surface area contributed by atoms with Crippen LogP contribution < -0.4 is 15.4 Å². The second kappa shape index (κ2) is 10.3. The molecule has 178 valence electrons. The molecule has 0 bridgehead atoms. The minimum atomic E-state index is -0.305. The van der Waals surface area contributed by atoms with Crippen molar-refractivity contribution in [2.45, 2.75) is 0 Å². The van der Waals surface area contributed by atoms with Crippen molar-refractivity contribution in [1.82, 2.24) is 9.78 Å². The second-order valence-corrected chi connectivity index (χ2v) is 8.77. The van der Waals surface area contributed by atoms with Gasteiger partial charge in [0.2, 0.25) is 0 Å². The molecule has 0 aliphatic heterocycles. The van der Waals surface area contributed by atoms with Crippen LogP contribution in [0.3, 0.4) is 0 Å². The number of carbonyl (C=O) groups is 2. The Balaban J connectivity index is 1.35. The lowest BCUT2D eigenvalue weighted by molar-refractivity contribution is 0.101. The van der Waals surface area contributed by atoms with Gasteiger partial charge in [0.15, 0.2) is 0 Å². The highest BCUT2D eigenvalue weighted by atomic mass is 32.1. The van der Waals surface area contributed by atoms with Gasteiger partial charge in [-0.15, -0.1) is 11.3 Å². The number of hydrogen-bond donors (Lipinski definition) is 2. The van der Waals surface area contributed by atoms with Crippen molar-refractivity contribution in [1.29, 1.82) is 0 Å². The molecular weight excluding hydrogens is 472 g/mol. The summed E-state index contributed by atoms with van der Waals surface area (Å²) in [5.41, 5.74) is 3.51. The van der Waals surface area contributed by atoms with E-state index in [0.717, 1.165) is 16.3 Å². The van der Waals surface area contributed by atoms with Crippen molar-refractivity contribution in [3.05, 3.63) is 114 Å². The average molecular weight is 495 g/mol. The predicted octanol–water partition coefficient (Wildman–Crippen LogP) is 6.11. The minimum absolute atomic E-state index is 0.278. The Morgan fingerprint density at radius 3 is 2.31 bits per heavy atom. The van der Waals surface area contributed by atoms with E-state index in [0.29, 0.717) is 28.4 Å². The van der Waals surface area contributed by atoms with E-state index in [1.165, 1.54) is 0 Å². The molecule has 0 aliphatic rings. The topological polar surface area (TPSA) is 85.2 Å². The highest BCUT2D eigenvalue weighted by molar-refractivity contribution is 7.13. The summed E-state index contributed by atoms with van der Waals surface area (Å²) in [4.78, 5) is 26.9. The Kier molecular flexibility index (Phi) is 6.59. The second-order valence-electron chi connectivity index (χ2n) is 7.83. The van der Waals surface area contributed by atoms with Gasteiger partial charge < -0.3 is 15.4 Å². The number of carbonyl (C=O) groups excluding carboxylic acids is 2. The Morgan fingerprint density at radius 1 is 0.833 bits per heavy atom. The summed E-state index contributed by atoms with van der Waals surface area (Å²) in [5, 5.41) is 12.4. The molecule has 5 rings (SSSR count). The van der Waals surface area contributed by atoms with Crippen LogP contribution in [-0.4, -0.2) is 28.7 Å². The molecule has 0 aliphatic carbocycles. The van der Waals surface area contributed by atoms with Gasteiger partial charge in [-0.05, 0) is 66.0 Å². The number of aromatic nitrogens is 2. The molecule has 2 aromatic heterocycles. The van der Waals surface area contributed by atoms with Crippen molar-refractivity contribution in [2.24, 2.45) is 0 Å². The van der Waals surface area contributed by atoms with Crippen LogP contribution in [0.2, 0.25) is 0 Å². The highest BCUT2D eigenvalue weighted by Crippen LogP contribution is 2.27. The number of methoxy groups -OCH3 is 1. The number of rotatable bonds is 7. The number of anilines is 2. The molecule has 2 amide bonds. The van der Waals surface area contributed by atoms with Crippen LogP contribution >= 0.6 is 11.3 Å². The largest absolute Gasteiger partial charge is 0.495 e. The summed E-state index contributed by atoms with van der Waals surface area (Å²) in [6, 6.07) is 29.1. The maximum Gasteiger partial charge on any atom is 0.274 e. The quantitative estimate of drug-likeness (QED) is 0.286. The zero-order valence-corrected chi connectivity index (χ0v) is 20.2. The van der Waals surface area contributed by atoms with Gasteiger partial charge in [0.1, 0.15) is 17.1 Å². The molecule has 0 saturated heterocycles. The van der Waals surface area contributed by atoms with Crippen molar-refractivity contribution in [3.8, 4) is 22.0 Å². The fraction of sp³-hybridized carbons (Fsp3) is 0.0357. The van der Waals surface area contributed by atoms with Crippen molar-refractivity contribution in [2.75, 3.05) is 17.7 Å². The van der Waals surface area contributed by atoms with Gasteiger partial charge in [-0.2, -0.15) is 5.10 Å². The van der Waals surface area contributed by atoms with Crippen molar-refractivity contribution in [3.63, 3.8) is 0 Å². The van der Waals surface area contributed by atoms with E-state index in [-0.39, 0.29) is 11.8 Å². The third-order valence-electron chi connectivity index (χ3n) is 5.48. The zero-order chi connectivity index (χ0) is 24.9. The number of ether oxygens (including phenoxy) is 1. The molecule has 3 aromatic carbocycles. The van der Waals surface area contributed by atoms with Gasteiger partial charge in [-0.3, -0.25) is 9.59 Å². The number of amides is 2. The Hall–Kier alpha value is -4.69. The zero-order valence-electron chi connectivity index (χ0n) is 19.3. The molecule has 0 spiro atoms. The molecule has 0 unspecified atom stereocenters. The minimum Gasteiger partial charge on any atom is -0.495 e. The molecule has 0 saturated carbocycles. The number of benzene rings is 3. The smallest absolute Gasteiger partial charge is 0.274 e. The van der Waals surface area contributed by atoms with Gasteiger partial charge in [0.25, 0.3) is 11.8 Å². The van der Waals surface area contributed by atoms with Crippen LogP contribution in [0.5, 0.6) is 5.75 Å². The van der Waals surface area contributed by atoms with Gasteiger partial charge >= 0.3 is 0 Å². The Labute approximate surface area is 212 Å². The summed E-state index contributed by atoms with van der Waals surface area (Å²) in [7, 11) is 1.55. The number of nitrogens with one attached hydrogen (secondary N) is 2. The summed E-state index contributed by atoms with van der Waals surface area (Å²) < 4.78 is 6.92. The monoisotopic (exact) mass is 494 g/mol. The summed E-state index contributed by atoms with van der Waals surface area (Å²) in [6.07, 6.45) is 0. The van der Waals surface area contributed by atoms with E-state index in [2.05, 4.69) is 15.7 Å². The summed E-state index contributed by atoms with van der Waals surface area (Å²) in [5.74, 6) is -0.00724. The van der Waals surface area contributed by atoms with E-state index < -0.39 is 0 Å². The number of nitrogens with zero attached hydrogens (tertiary/aromatic N) is 2. The van der Waals surface area contributed by atoms with Gasteiger partial charge in [-0.1, -0.05) is 36.4 Å².